The van der Waals surface area contributed by atoms with E-state index in [0.29, 0.717) is 5.92 Å². The van der Waals surface area contributed by atoms with Gasteiger partial charge in [-0.05, 0) is 55.2 Å². The SMILES string of the molecule is CC(C)C1(c2cccc(C3CCC3)c2)CCCCCN1. The molecule has 0 bridgehead atoms. The van der Waals surface area contributed by atoms with Gasteiger partial charge in [-0.25, -0.2) is 0 Å². The van der Waals surface area contributed by atoms with Crippen molar-refractivity contribution in [2.75, 3.05) is 6.54 Å². The summed E-state index contributed by atoms with van der Waals surface area (Å²) in [6, 6.07) is 9.51. The molecule has 1 heterocycles. The normalized spacial score (nSPS) is 28.1. The Balaban J connectivity index is 1.93. The molecule has 1 N–H and O–H groups in total. The number of hydrogen-bond acceptors (Lipinski definition) is 1. The third-order valence-corrected chi connectivity index (χ3v) is 5.65. The third-order valence-electron chi connectivity index (χ3n) is 5.65. The van der Waals surface area contributed by atoms with Gasteiger partial charge in [0.15, 0.2) is 0 Å². The van der Waals surface area contributed by atoms with E-state index in [1.807, 2.05) is 0 Å². The number of benzene rings is 1. The van der Waals surface area contributed by atoms with E-state index in [4.69, 9.17) is 0 Å². The van der Waals surface area contributed by atoms with Gasteiger partial charge in [-0.1, -0.05) is 57.4 Å². The number of rotatable bonds is 3. The van der Waals surface area contributed by atoms with Gasteiger partial charge in [0.25, 0.3) is 0 Å². The molecule has 1 unspecified atom stereocenters. The predicted octanol–water partition coefficient (Wildman–Crippen LogP) is 4.97. The molecule has 1 saturated carbocycles. The first-order valence-corrected chi connectivity index (χ1v) is 8.58. The first-order chi connectivity index (χ1) is 9.72. The molecule has 2 aliphatic rings. The zero-order valence-electron chi connectivity index (χ0n) is 13.1. The molecule has 0 aromatic heterocycles. The van der Waals surface area contributed by atoms with E-state index in [2.05, 4.69) is 43.4 Å². The average molecular weight is 271 g/mol. The van der Waals surface area contributed by atoms with E-state index in [9.17, 15) is 0 Å². The molecule has 2 fully saturated rings. The summed E-state index contributed by atoms with van der Waals surface area (Å²) in [4.78, 5) is 0. The zero-order chi connectivity index (χ0) is 14.0. The van der Waals surface area contributed by atoms with Crippen LogP contribution in [0.1, 0.15) is 75.8 Å². The maximum atomic E-state index is 3.91. The molecule has 1 heteroatoms. The second kappa shape index (κ2) is 5.89. The summed E-state index contributed by atoms with van der Waals surface area (Å²) in [6.45, 7) is 5.94. The quantitative estimate of drug-likeness (QED) is 0.818. The van der Waals surface area contributed by atoms with E-state index in [0.717, 1.165) is 5.92 Å². The van der Waals surface area contributed by atoms with Gasteiger partial charge in [0.2, 0.25) is 0 Å². The van der Waals surface area contributed by atoms with Crippen molar-refractivity contribution in [3.05, 3.63) is 35.4 Å². The molecule has 0 radical (unpaired) electrons. The highest BCUT2D eigenvalue weighted by atomic mass is 15.0. The average Bonchev–Trinajstić information content (AvgIpc) is 2.63. The minimum atomic E-state index is 0.205. The topological polar surface area (TPSA) is 12.0 Å². The van der Waals surface area contributed by atoms with E-state index in [1.165, 1.54) is 51.5 Å². The minimum Gasteiger partial charge on any atom is -0.307 e. The molecule has 110 valence electrons. The highest BCUT2D eigenvalue weighted by molar-refractivity contribution is 5.33. The molecule has 1 aliphatic carbocycles. The molecule has 1 aromatic carbocycles. The van der Waals surface area contributed by atoms with Gasteiger partial charge in [-0.2, -0.15) is 0 Å². The van der Waals surface area contributed by atoms with Crippen molar-refractivity contribution < 1.29 is 0 Å². The Morgan fingerprint density at radius 2 is 1.95 bits per heavy atom. The molecular formula is C19H29N. The van der Waals surface area contributed by atoms with E-state index in [1.54, 1.807) is 11.1 Å². The predicted molar refractivity (Wildman–Crippen MR) is 86.0 cm³/mol. The van der Waals surface area contributed by atoms with E-state index in [-0.39, 0.29) is 5.54 Å². The van der Waals surface area contributed by atoms with Crippen LogP contribution in [0.4, 0.5) is 0 Å². The summed E-state index contributed by atoms with van der Waals surface area (Å²) in [7, 11) is 0. The Morgan fingerprint density at radius 1 is 1.10 bits per heavy atom. The lowest BCUT2D eigenvalue weighted by molar-refractivity contribution is 0.230. The Kier molecular flexibility index (Phi) is 4.16. The zero-order valence-corrected chi connectivity index (χ0v) is 13.1. The Bertz CT molecular complexity index is 437. The Hall–Kier alpha value is -0.820. The van der Waals surface area contributed by atoms with Crippen LogP contribution in [0.3, 0.4) is 0 Å². The molecule has 1 saturated heterocycles. The Labute approximate surface area is 124 Å². The molecule has 0 spiro atoms. The maximum Gasteiger partial charge on any atom is 0.0457 e. The van der Waals surface area contributed by atoms with Gasteiger partial charge < -0.3 is 5.32 Å². The third kappa shape index (κ3) is 2.53. The molecule has 3 rings (SSSR count). The fourth-order valence-electron chi connectivity index (χ4n) is 3.99. The van der Waals surface area contributed by atoms with Crippen molar-refractivity contribution in [3.8, 4) is 0 Å². The lowest BCUT2D eigenvalue weighted by Gasteiger charge is -2.39. The fourth-order valence-corrected chi connectivity index (χ4v) is 3.99. The van der Waals surface area contributed by atoms with Crippen LogP contribution >= 0.6 is 0 Å². The summed E-state index contributed by atoms with van der Waals surface area (Å²) in [5.74, 6) is 1.49. The monoisotopic (exact) mass is 271 g/mol. The highest BCUT2D eigenvalue weighted by Gasteiger charge is 2.36. The minimum absolute atomic E-state index is 0.205. The maximum absolute atomic E-state index is 3.91. The van der Waals surface area contributed by atoms with Crippen molar-refractivity contribution in [3.63, 3.8) is 0 Å². The molecule has 1 aromatic rings. The first-order valence-electron chi connectivity index (χ1n) is 8.58. The van der Waals surface area contributed by atoms with Crippen LogP contribution in [0.2, 0.25) is 0 Å². The fraction of sp³-hybridized carbons (Fsp3) is 0.684. The molecule has 1 nitrogen and oxygen atoms in total. The highest BCUT2D eigenvalue weighted by Crippen LogP contribution is 2.41. The van der Waals surface area contributed by atoms with Gasteiger partial charge in [0.05, 0.1) is 0 Å². The molecule has 0 amide bonds. The van der Waals surface area contributed by atoms with E-state index < -0.39 is 0 Å². The van der Waals surface area contributed by atoms with Gasteiger partial charge in [0.1, 0.15) is 0 Å². The van der Waals surface area contributed by atoms with Gasteiger partial charge in [-0.3, -0.25) is 0 Å². The smallest absolute Gasteiger partial charge is 0.0457 e. The van der Waals surface area contributed by atoms with Crippen molar-refractivity contribution in [2.45, 2.75) is 70.3 Å². The summed E-state index contributed by atoms with van der Waals surface area (Å²) in [5.41, 5.74) is 3.33. The van der Waals surface area contributed by atoms with Crippen LogP contribution in [0.5, 0.6) is 0 Å². The number of nitrogens with one attached hydrogen (secondary N) is 1. The van der Waals surface area contributed by atoms with Crippen LogP contribution in [0.15, 0.2) is 24.3 Å². The standard InChI is InChI=1S/C19H29N/c1-15(2)19(12-4-3-5-13-20-19)18-11-7-10-17(14-18)16-8-6-9-16/h7,10-11,14-16,20H,3-6,8-9,12-13H2,1-2H3. The molecule has 20 heavy (non-hydrogen) atoms. The van der Waals surface area contributed by atoms with Crippen LogP contribution in [-0.4, -0.2) is 6.54 Å². The lowest BCUT2D eigenvalue weighted by atomic mass is 9.74. The summed E-state index contributed by atoms with van der Waals surface area (Å²) in [6.07, 6.45) is 9.57. The van der Waals surface area contributed by atoms with Crippen LogP contribution in [-0.2, 0) is 5.54 Å². The number of hydrogen-bond donors (Lipinski definition) is 1. The summed E-state index contributed by atoms with van der Waals surface area (Å²) >= 11 is 0. The first kappa shape index (κ1) is 14.1. The van der Waals surface area contributed by atoms with E-state index >= 15 is 0 Å². The second-order valence-electron chi connectivity index (χ2n) is 7.12. The molecular weight excluding hydrogens is 242 g/mol. The van der Waals surface area contributed by atoms with Crippen molar-refractivity contribution >= 4 is 0 Å². The summed E-state index contributed by atoms with van der Waals surface area (Å²) < 4.78 is 0. The molecule has 1 atom stereocenters. The van der Waals surface area contributed by atoms with Crippen LogP contribution < -0.4 is 5.32 Å². The second-order valence-corrected chi connectivity index (χ2v) is 7.12. The van der Waals surface area contributed by atoms with Crippen LogP contribution in [0, 0.1) is 5.92 Å². The largest absolute Gasteiger partial charge is 0.307 e. The van der Waals surface area contributed by atoms with Crippen molar-refractivity contribution in [2.24, 2.45) is 5.92 Å². The molecule has 1 aliphatic heterocycles. The van der Waals surface area contributed by atoms with Gasteiger partial charge >= 0.3 is 0 Å². The Morgan fingerprint density at radius 3 is 2.65 bits per heavy atom. The van der Waals surface area contributed by atoms with Crippen molar-refractivity contribution in [1.29, 1.82) is 0 Å². The van der Waals surface area contributed by atoms with Crippen LogP contribution in [0.25, 0.3) is 0 Å². The summed E-state index contributed by atoms with van der Waals surface area (Å²) in [5, 5.41) is 3.91. The van der Waals surface area contributed by atoms with Crippen molar-refractivity contribution in [1.82, 2.24) is 5.32 Å². The van der Waals surface area contributed by atoms with Gasteiger partial charge in [0, 0.05) is 5.54 Å². The van der Waals surface area contributed by atoms with Gasteiger partial charge in [-0.15, -0.1) is 0 Å². The lowest BCUT2D eigenvalue weighted by Crippen LogP contribution is -2.46.